The van der Waals surface area contributed by atoms with Crippen molar-refractivity contribution in [3.05, 3.63) is 53.4 Å². The lowest BCUT2D eigenvalue weighted by Crippen LogP contribution is -2.32. The van der Waals surface area contributed by atoms with E-state index in [9.17, 15) is 4.79 Å². The number of aromatic amines is 1. The minimum Gasteiger partial charge on any atom is -0.497 e. The summed E-state index contributed by atoms with van der Waals surface area (Å²) in [5, 5.41) is 11.9. The van der Waals surface area contributed by atoms with Crippen LogP contribution in [0, 0.1) is 13.8 Å². The lowest BCUT2D eigenvalue weighted by molar-refractivity contribution is -0.131. The van der Waals surface area contributed by atoms with Gasteiger partial charge < -0.3 is 14.4 Å². The maximum atomic E-state index is 12.7. The van der Waals surface area contributed by atoms with Crippen molar-refractivity contribution in [2.75, 3.05) is 26.8 Å². The molecule has 0 aliphatic carbocycles. The molecule has 1 fully saturated rings. The number of rotatable bonds is 8. The largest absolute Gasteiger partial charge is 0.497 e. The zero-order valence-corrected chi connectivity index (χ0v) is 18.2. The summed E-state index contributed by atoms with van der Waals surface area (Å²) in [4.78, 5) is 18.8. The Labute approximate surface area is 181 Å². The minimum atomic E-state index is 0.0687. The van der Waals surface area contributed by atoms with Gasteiger partial charge in [0.15, 0.2) is 0 Å². The van der Waals surface area contributed by atoms with E-state index in [0.717, 1.165) is 48.1 Å². The molecular formula is C22H28N6O3. The van der Waals surface area contributed by atoms with E-state index in [2.05, 4.69) is 26.3 Å². The van der Waals surface area contributed by atoms with Crippen molar-refractivity contribution < 1.29 is 14.3 Å². The molecule has 9 nitrogen and oxygen atoms in total. The standard InChI is InChI=1S/C22H28N6O3/c1-15-23-16(2)28(26-15)14-22(29)27-10-8-17(13-27)21-12-18(24-25-21)9-11-31-20-6-4-19(30-3)5-7-20/h4-7,12,17H,8-11,13-14H2,1-3H3,(H,24,25)/t17-/m1/s1. The first kappa shape index (κ1) is 20.9. The number of likely N-dealkylation sites (tertiary alicyclic amines) is 1. The van der Waals surface area contributed by atoms with E-state index >= 15 is 0 Å². The summed E-state index contributed by atoms with van der Waals surface area (Å²) >= 11 is 0. The number of hydrogen-bond donors (Lipinski definition) is 1. The van der Waals surface area contributed by atoms with Crippen LogP contribution in [0.25, 0.3) is 0 Å². The molecular weight excluding hydrogens is 396 g/mol. The van der Waals surface area contributed by atoms with Crippen LogP contribution in [0.5, 0.6) is 11.5 Å². The monoisotopic (exact) mass is 424 g/mol. The highest BCUT2D eigenvalue weighted by atomic mass is 16.5. The molecule has 3 aromatic rings. The predicted octanol–water partition coefficient (Wildman–Crippen LogP) is 2.26. The fraction of sp³-hybridized carbons (Fsp3) is 0.455. The molecule has 164 valence electrons. The number of H-pyrrole nitrogens is 1. The first-order valence-electron chi connectivity index (χ1n) is 10.5. The Morgan fingerprint density at radius 2 is 2.00 bits per heavy atom. The van der Waals surface area contributed by atoms with Gasteiger partial charge >= 0.3 is 0 Å². The van der Waals surface area contributed by atoms with Gasteiger partial charge in [-0.05, 0) is 50.6 Å². The second kappa shape index (κ2) is 9.20. The number of carbonyl (C=O) groups excluding carboxylic acids is 1. The van der Waals surface area contributed by atoms with E-state index in [1.807, 2.05) is 43.0 Å². The number of nitrogens with zero attached hydrogens (tertiary/aromatic N) is 5. The van der Waals surface area contributed by atoms with Crippen molar-refractivity contribution >= 4 is 5.91 Å². The molecule has 1 amide bonds. The van der Waals surface area contributed by atoms with Gasteiger partial charge in [0.25, 0.3) is 0 Å². The summed E-state index contributed by atoms with van der Waals surface area (Å²) < 4.78 is 12.6. The van der Waals surface area contributed by atoms with Gasteiger partial charge in [0.1, 0.15) is 29.7 Å². The highest BCUT2D eigenvalue weighted by Gasteiger charge is 2.29. The van der Waals surface area contributed by atoms with Gasteiger partial charge in [0, 0.05) is 31.1 Å². The number of carbonyl (C=O) groups is 1. The van der Waals surface area contributed by atoms with Crippen LogP contribution in [0.4, 0.5) is 0 Å². The Morgan fingerprint density at radius 3 is 2.71 bits per heavy atom. The minimum absolute atomic E-state index is 0.0687. The van der Waals surface area contributed by atoms with Crippen LogP contribution >= 0.6 is 0 Å². The number of ether oxygens (including phenoxy) is 2. The van der Waals surface area contributed by atoms with E-state index in [1.54, 1.807) is 11.8 Å². The fourth-order valence-corrected chi connectivity index (χ4v) is 3.83. The van der Waals surface area contributed by atoms with Crippen molar-refractivity contribution in [3.63, 3.8) is 0 Å². The molecule has 31 heavy (non-hydrogen) atoms. The third kappa shape index (κ3) is 5.04. The molecule has 1 saturated heterocycles. The zero-order valence-electron chi connectivity index (χ0n) is 18.2. The molecule has 1 N–H and O–H groups in total. The van der Waals surface area contributed by atoms with Gasteiger partial charge in [-0.25, -0.2) is 9.67 Å². The highest BCUT2D eigenvalue weighted by molar-refractivity contribution is 5.76. The number of aryl methyl sites for hydroxylation is 2. The first-order chi connectivity index (χ1) is 15.0. The molecule has 0 radical (unpaired) electrons. The average Bonchev–Trinajstić information content (AvgIpc) is 3.49. The van der Waals surface area contributed by atoms with Gasteiger partial charge in [-0.3, -0.25) is 9.89 Å². The van der Waals surface area contributed by atoms with Crippen LogP contribution < -0.4 is 9.47 Å². The quantitative estimate of drug-likeness (QED) is 0.596. The van der Waals surface area contributed by atoms with E-state index in [4.69, 9.17) is 9.47 Å². The molecule has 0 unspecified atom stereocenters. The van der Waals surface area contributed by atoms with E-state index in [1.165, 1.54) is 0 Å². The molecule has 1 atom stereocenters. The molecule has 1 aliphatic heterocycles. The summed E-state index contributed by atoms with van der Waals surface area (Å²) in [6.45, 7) is 5.89. The Kier molecular flexibility index (Phi) is 6.20. The second-order valence-corrected chi connectivity index (χ2v) is 7.78. The Balaban J connectivity index is 1.26. The van der Waals surface area contributed by atoms with Crippen molar-refractivity contribution in [1.29, 1.82) is 0 Å². The number of benzene rings is 1. The van der Waals surface area contributed by atoms with Gasteiger partial charge in [-0.2, -0.15) is 10.2 Å². The van der Waals surface area contributed by atoms with Crippen LogP contribution in [0.2, 0.25) is 0 Å². The maximum absolute atomic E-state index is 12.7. The SMILES string of the molecule is COc1ccc(OCCc2cc([C@@H]3CCN(C(=O)Cn4nc(C)nc4C)C3)n[nH]2)cc1. The summed E-state index contributed by atoms with van der Waals surface area (Å²) in [5.41, 5.74) is 2.03. The second-order valence-electron chi connectivity index (χ2n) is 7.78. The molecule has 3 heterocycles. The first-order valence-corrected chi connectivity index (χ1v) is 10.5. The molecule has 0 bridgehead atoms. The summed E-state index contributed by atoms with van der Waals surface area (Å²) in [5.74, 6) is 3.37. The van der Waals surface area contributed by atoms with Gasteiger partial charge in [-0.1, -0.05) is 0 Å². The molecule has 0 spiro atoms. The van der Waals surface area contributed by atoms with Crippen LogP contribution in [-0.4, -0.2) is 62.6 Å². The number of nitrogens with one attached hydrogen (secondary N) is 1. The molecule has 1 aromatic carbocycles. The molecule has 2 aromatic heterocycles. The average molecular weight is 425 g/mol. The van der Waals surface area contributed by atoms with E-state index in [0.29, 0.717) is 19.0 Å². The van der Waals surface area contributed by atoms with Crippen molar-refractivity contribution in [3.8, 4) is 11.5 Å². The van der Waals surface area contributed by atoms with Crippen LogP contribution in [-0.2, 0) is 17.8 Å². The zero-order chi connectivity index (χ0) is 21.8. The van der Waals surface area contributed by atoms with Crippen LogP contribution in [0.15, 0.2) is 30.3 Å². The summed E-state index contributed by atoms with van der Waals surface area (Å²) in [6.07, 6.45) is 1.65. The Hall–Kier alpha value is -3.36. The predicted molar refractivity (Wildman–Crippen MR) is 114 cm³/mol. The third-order valence-electron chi connectivity index (χ3n) is 5.56. The number of aromatic nitrogens is 5. The summed E-state index contributed by atoms with van der Waals surface area (Å²) in [6, 6.07) is 9.62. The summed E-state index contributed by atoms with van der Waals surface area (Å²) in [7, 11) is 1.64. The molecule has 1 aliphatic rings. The molecule has 0 saturated carbocycles. The Morgan fingerprint density at radius 1 is 1.23 bits per heavy atom. The third-order valence-corrected chi connectivity index (χ3v) is 5.56. The normalized spacial score (nSPS) is 16.0. The van der Waals surface area contributed by atoms with E-state index < -0.39 is 0 Å². The molecule has 9 heteroatoms. The lowest BCUT2D eigenvalue weighted by Gasteiger charge is -2.16. The fourth-order valence-electron chi connectivity index (χ4n) is 3.83. The Bertz CT molecular complexity index is 1030. The van der Waals surface area contributed by atoms with Crippen molar-refractivity contribution in [1.82, 2.24) is 29.9 Å². The smallest absolute Gasteiger partial charge is 0.244 e. The topological polar surface area (TPSA) is 98.2 Å². The lowest BCUT2D eigenvalue weighted by atomic mass is 10.0. The van der Waals surface area contributed by atoms with Crippen LogP contribution in [0.3, 0.4) is 0 Å². The van der Waals surface area contributed by atoms with Crippen molar-refractivity contribution in [2.24, 2.45) is 0 Å². The van der Waals surface area contributed by atoms with Crippen LogP contribution in [0.1, 0.15) is 35.4 Å². The molecule has 4 rings (SSSR count). The number of hydrogen-bond acceptors (Lipinski definition) is 6. The van der Waals surface area contributed by atoms with Crippen molar-refractivity contribution in [2.45, 2.75) is 39.2 Å². The number of methoxy groups -OCH3 is 1. The maximum Gasteiger partial charge on any atom is 0.244 e. The van der Waals surface area contributed by atoms with Gasteiger partial charge in [-0.15, -0.1) is 0 Å². The van der Waals surface area contributed by atoms with Gasteiger partial charge in [0.2, 0.25) is 5.91 Å². The number of amides is 1. The van der Waals surface area contributed by atoms with E-state index in [-0.39, 0.29) is 18.4 Å². The van der Waals surface area contributed by atoms with Gasteiger partial charge in [0.05, 0.1) is 19.4 Å². The highest BCUT2D eigenvalue weighted by Crippen LogP contribution is 2.26.